The number of fused-ring (bicyclic) bond motifs is 5. The molecule has 0 saturated heterocycles. The summed E-state index contributed by atoms with van der Waals surface area (Å²) in [5.41, 5.74) is 5.18. The van der Waals surface area contributed by atoms with Crippen LogP contribution in [0.5, 0.6) is 5.75 Å². The number of Topliss-reactive ketones (excluding diaryl/α,β-unsaturated/α-hetero) is 1. The van der Waals surface area contributed by atoms with E-state index in [9.17, 15) is 4.79 Å². The van der Waals surface area contributed by atoms with Gasteiger partial charge >= 0.3 is 0 Å². The van der Waals surface area contributed by atoms with Gasteiger partial charge < -0.3 is 4.74 Å². The van der Waals surface area contributed by atoms with Crippen molar-refractivity contribution in [2.45, 2.75) is 58.5 Å². The Kier molecular flexibility index (Phi) is 4.46. The summed E-state index contributed by atoms with van der Waals surface area (Å²) in [5.74, 6) is 1.84. The summed E-state index contributed by atoms with van der Waals surface area (Å²) >= 11 is 0. The minimum absolute atomic E-state index is 0.146. The molecule has 148 valence electrons. The van der Waals surface area contributed by atoms with Gasteiger partial charge in [-0.1, -0.05) is 56.3 Å². The summed E-state index contributed by atoms with van der Waals surface area (Å²) in [6, 6.07) is 19.4. The molecular weight excluding hydrogens is 356 g/mol. The van der Waals surface area contributed by atoms with Crippen LogP contribution >= 0.6 is 0 Å². The summed E-state index contributed by atoms with van der Waals surface area (Å²) < 4.78 is 6.22. The first-order chi connectivity index (χ1) is 14.1. The Bertz CT molecular complexity index is 1080. The van der Waals surface area contributed by atoms with Crippen molar-refractivity contribution in [1.82, 2.24) is 0 Å². The molecule has 3 aromatic rings. The van der Waals surface area contributed by atoms with Crippen LogP contribution in [-0.2, 0) is 24.2 Å². The zero-order chi connectivity index (χ0) is 20.0. The molecule has 0 amide bonds. The molecule has 3 aromatic carbocycles. The van der Waals surface area contributed by atoms with E-state index in [1.807, 2.05) is 18.2 Å². The average molecular weight is 385 g/mol. The predicted octanol–water partition coefficient (Wildman–Crippen LogP) is 6.38. The summed E-state index contributed by atoms with van der Waals surface area (Å²) in [5, 5.41) is 2.60. The fourth-order valence-electron chi connectivity index (χ4n) is 5.50. The fraction of sp³-hybridized carbons (Fsp3) is 0.370. The average Bonchev–Trinajstić information content (AvgIpc) is 3.06. The van der Waals surface area contributed by atoms with Gasteiger partial charge in [-0.15, -0.1) is 0 Å². The van der Waals surface area contributed by atoms with E-state index in [4.69, 9.17) is 4.74 Å². The van der Waals surface area contributed by atoms with Crippen molar-refractivity contribution < 1.29 is 9.53 Å². The SMILES string of the molecule is CCc1cc2c3c(ccc2cc1OCc1ccccc1)C1CCC(=O)[C@@]1(C)CC3. The number of ketones is 1. The van der Waals surface area contributed by atoms with Gasteiger partial charge in [0.2, 0.25) is 0 Å². The van der Waals surface area contributed by atoms with Crippen LogP contribution in [0.15, 0.2) is 54.6 Å². The van der Waals surface area contributed by atoms with Crippen LogP contribution in [0, 0.1) is 5.41 Å². The highest BCUT2D eigenvalue weighted by Gasteiger charge is 2.49. The lowest BCUT2D eigenvalue weighted by Crippen LogP contribution is -2.32. The molecule has 1 saturated carbocycles. The van der Waals surface area contributed by atoms with Crippen LogP contribution in [-0.4, -0.2) is 5.78 Å². The van der Waals surface area contributed by atoms with Gasteiger partial charge in [0.1, 0.15) is 18.1 Å². The standard InChI is InChI=1S/C27H28O2/c1-3-19-15-23-20(16-25(19)29-17-18-7-5-4-6-8-18)9-10-22-21(23)13-14-27(2)24(22)11-12-26(27)28/h4-10,15-16,24H,3,11-14,17H2,1-2H3/t24?,27-/m0/s1. The van der Waals surface area contributed by atoms with Crippen LogP contribution in [0.25, 0.3) is 10.8 Å². The van der Waals surface area contributed by atoms with E-state index in [1.54, 1.807) is 0 Å². The first-order valence-corrected chi connectivity index (χ1v) is 10.9. The van der Waals surface area contributed by atoms with Crippen molar-refractivity contribution >= 4 is 16.6 Å². The Labute approximate surface area is 172 Å². The van der Waals surface area contributed by atoms with Crippen molar-refractivity contribution in [3.63, 3.8) is 0 Å². The van der Waals surface area contributed by atoms with Gasteiger partial charge in [0.15, 0.2) is 0 Å². The highest BCUT2D eigenvalue weighted by Crippen LogP contribution is 2.54. The lowest BCUT2D eigenvalue weighted by atomic mass is 9.66. The van der Waals surface area contributed by atoms with Crippen molar-refractivity contribution in [2.75, 3.05) is 0 Å². The van der Waals surface area contributed by atoms with E-state index in [0.29, 0.717) is 18.3 Å². The maximum atomic E-state index is 12.5. The third-order valence-corrected chi connectivity index (χ3v) is 7.30. The Morgan fingerprint density at radius 1 is 1.07 bits per heavy atom. The first-order valence-electron chi connectivity index (χ1n) is 10.9. The molecule has 5 rings (SSSR count). The molecule has 2 atom stereocenters. The molecule has 1 fully saturated rings. The largest absolute Gasteiger partial charge is 0.489 e. The number of benzene rings is 3. The highest BCUT2D eigenvalue weighted by atomic mass is 16.5. The van der Waals surface area contributed by atoms with Crippen LogP contribution in [0.4, 0.5) is 0 Å². The molecule has 0 spiro atoms. The molecule has 1 unspecified atom stereocenters. The molecular formula is C27H28O2. The molecule has 0 aliphatic heterocycles. The van der Waals surface area contributed by atoms with Gasteiger partial charge in [-0.25, -0.2) is 0 Å². The lowest BCUT2D eigenvalue weighted by Gasteiger charge is -2.37. The highest BCUT2D eigenvalue weighted by molar-refractivity contribution is 5.92. The first kappa shape index (κ1) is 18.4. The molecule has 0 radical (unpaired) electrons. The minimum atomic E-state index is -0.146. The number of carbonyl (C=O) groups excluding carboxylic acids is 1. The van der Waals surface area contributed by atoms with E-state index in [1.165, 1.54) is 33.0 Å². The van der Waals surface area contributed by atoms with Gasteiger partial charge in [0, 0.05) is 11.8 Å². The number of rotatable bonds is 4. The normalized spacial score (nSPS) is 23.1. The third-order valence-electron chi connectivity index (χ3n) is 7.30. The molecule has 2 aliphatic rings. The smallest absolute Gasteiger partial charge is 0.139 e. The van der Waals surface area contributed by atoms with Crippen LogP contribution in [0.1, 0.15) is 61.3 Å². The van der Waals surface area contributed by atoms with Gasteiger partial charge in [-0.2, -0.15) is 0 Å². The van der Waals surface area contributed by atoms with Gasteiger partial charge in [0.05, 0.1) is 0 Å². The number of hydrogen-bond acceptors (Lipinski definition) is 2. The van der Waals surface area contributed by atoms with Crippen molar-refractivity contribution in [3.05, 3.63) is 76.9 Å². The Morgan fingerprint density at radius 3 is 2.69 bits per heavy atom. The molecule has 2 aliphatic carbocycles. The second-order valence-electron chi connectivity index (χ2n) is 8.87. The number of aryl methyl sites for hydroxylation is 2. The second kappa shape index (κ2) is 7.02. The molecule has 0 bridgehead atoms. The number of ether oxygens (including phenoxy) is 1. The topological polar surface area (TPSA) is 26.3 Å². The second-order valence-corrected chi connectivity index (χ2v) is 8.87. The molecule has 2 nitrogen and oxygen atoms in total. The third kappa shape index (κ3) is 2.97. The van der Waals surface area contributed by atoms with E-state index in [2.05, 4.69) is 50.2 Å². The zero-order valence-corrected chi connectivity index (χ0v) is 17.3. The Morgan fingerprint density at radius 2 is 1.90 bits per heavy atom. The monoisotopic (exact) mass is 384 g/mol. The summed E-state index contributed by atoms with van der Waals surface area (Å²) in [6.07, 6.45) is 4.68. The molecule has 2 heteroatoms. The Hall–Kier alpha value is -2.61. The Balaban J connectivity index is 1.54. The maximum absolute atomic E-state index is 12.5. The minimum Gasteiger partial charge on any atom is -0.489 e. The van der Waals surface area contributed by atoms with Gasteiger partial charge in [0.25, 0.3) is 0 Å². The van der Waals surface area contributed by atoms with E-state index >= 15 is 0 Å². The zero-order valence-electron chi connectivity index (χ0n) is 17.3. The van der Waals surface area contributed by atoms with E-state index in [-0.39, 0.29) is 5.41 Å². The van der Waals surface area contributed by atoms with Crippen molar-refractivity contribution in [1.29, 1.82) is 0 Å². The van der Waals surface area contributed by atoms with Gasteiger partial charge in [-0.05, 0) is 76.8 Å². The van der Waals surface area contributed by atoms with Crippen LogP contribution < -0.4 is 4.74 Å². The van der Waals surface area contributed by atoms with Crippen molar-refractivity contribution in [3.8, 4) is 5.75 Å². The van der Waals surface area contributed by atoms with Crippen LogP contribution in [0.3, 0.4) is 0 Å². The number of hydrogen-bond donors (Lipinski definition) is 0. The van der Waals surface area contributed by atoms with E-state index < -0.39 is 0 Å². The summed E-state index contributed by atoms with van der Waals surface area (Å²) in [6.45, 7) is 4.98. The fourth-order valence-corrected chi connectivity index (χ4v) is 5.50. The van der Waals surface area contributed by atoms with Gasteiger partial charge in [-0.3, -0.25) is 4.79 Å². The molecule has 0 heterocycles. The maximum Gasteiger partial charge on any atom is 0.139 e. The summed E-state index contributed by atoms with van der Waals surface area (Å²) in [4.78, 5) is 12.5. The lowest BCUT2D eigenvalue weighted by molar-refractivity contribution is -0.126. The van der Waals surface area contributed by atoms with E-state index in [0.717, 1.165) is 37.9 Å². The quantitative estimate of drug-likeness (QED) is 0.522. The summed E-state index contributed by atoms with van der Waals surface area (Å²) in [7, 11) is 0. The number of carbonyl (C=O) groups is 1. The molecule has 0 aromatic heterocycles. The van der Waals surface area contributed by atoms with Crippen LogP contribution in [0.2, 0.25) is 0 Å². The molecule has 0 N–H and O–H groups in total. The predicted molar refractivity (Wildman–Crippen MR) is 118 cm³/mol. The van der Waals surface area contributed by atoms with Crippen molar-refractivity contribution in [2.24, 2.45) is 5.41 Å². The molecule has 29 heavy (non-hydrogen) atoms.